The molecule has 0 aliphatic rings. The number of allylic oxidation sites excluding steroid dienone is 1. The molecule has 0 aromatic rings. The van der Waals surface area contributed by atoms with E-state index in [1.807, 2.05) is 6.92 Å². The fourth-order valence-electron chi connectivity index (χ4n) is 0.590. The molecule has 0 heterocycles. The second kappa shape index (κ2) is 4.57. The minimum Gasteiger partial charge on any atom is -0.393 e. The summed E-state index contributed by atoms with van der Waals surface area (Å²) in [7, 11) is 0. The third-order valence-electron chi connectivity index (χ3n) is 1.42. The van der Waals surface area contributed by atoms with Gasteiger partial charge in [-0.05, 0) is 26.2 Å². The maximum atomic E-state index is 8.86. The Hall–Kier alpha value is -0.300. The molecule has 0 aliphatic carbocycles. The molecule has 0 amide bonds. The second-order valence-electron chi connectivity index (χ2n) is 2.49. The fourth-order valence-corrected chi connectivity index (χ4v) is 0.590. The van der Waals surface area contributed by atoms with E-state index in [1.54, 1.807) is 0 Å². The van der Waals surface area contributed by atoms with Gasteiger partial charge in [0.15, 0.2) is 0 Å². The lowest BCUT2D eigenvalue weighted by Crippen LogP contribution is -1.98. The van der Waals surface area contributed by atoms with Crippen molar-refractivity contribution in [1.29, 1.82) is 0 Å². The van der Waals surface area contributed by atoms with Crippen molar-refractivity contribution < 1.29 is 5.11 Å². The molecule has 1 atom stereocenters. The van der Waals surface area contributed by atoms with E-state index in [1.165, 1.54) is 5.57 Å². The number of hydrogen-bond donors (Lipinski definition) is 1. The monoisotopic (exact) mass is 128 g/mol. The first-order chi connectivity index (χ1) is 4.16. The first kappa shape index (κ1) is 8.70. The molecule has 0 spiro atoms. The molecule has 0 saturated carbocycles. The van der Waals surface area contributed by atoms with Gasteiger partial charge < -0.3 is 5.11 Å². The highest BCUT2D eigenvalue weighted by Gasteiger charge is 1.95. The Bertz CT molecular complexity index is 84.6. The van der Waals surface area contributed by atoms with Gasteiger partial charge in [0, 0.05) is 0 Å². The fraction of sp³-hybridized carbons (Fsp3) is 0.750. The van der Waals surface area contributed by atoms with Gasteiger partial charge in [-0.2, -0.15) is 0 Å². The normalized spacial score (nSPS) is 13.2. The Morgan fingerprint density at radius 2 is 2.22 bits per heavy atom. The van der Waals surface area contributed by atoms with Gasteiger partial charge in [0.1, 0.15) is 0 Å². The maximum Gasteiger partial charge on any atom is 0.0515 e. The van der Waals surface area contributed by atoms with Crippen LogP contribution in [0.15, 0.2) is 12.2 Å². The third-order valence-corrected chi connectivity index (χ3v) is 1.42. The predicted octanol–water partition coefficient (Wildman–Crippen LogP) is 2.11. The van der Waals surface area contributed by atoms with Crippen LogP contribution in [0.5, 0.6) is 0 Å². The van der Waals surface area contributed by atoms with Gasteiger partial charge in [0.25, 0.3) is 0 Å². The molecule has 0 fully saturated rings. The van der Waals surface area contributed by atoms with Crippen molar-refractivity contribution in [3.63, 3.8) is 0 Å². The Balaban J connectivity index is 3.17. The molecular formula is C8H16O. The lowest BCUT2D eigenvalue weighted by Gasteiger charge is -2.03. The zero-order valence-electron chi connectivity index (χ0n) is 6.35. The van der Waals surface area contributed by atoms with Crippen LogP contribution in [0, 0.1) is 0 Å². The number of aliphatic hydroxyl groups excluding tert-OH is 1. The van der Waals surface area contributed by atoms with Crippen LogP contribution >= 0.6 is 0 Å². The number of aliphatic hydroxyl groups is 1. The van der Waals surface area contributed by atoms with Crippen LogP contribution in [0.3, 0.4) is 0 Å². The van der Waals surface area contributed by atoms with Gasteiger partial charge >= 0.3 is 0 Å². The van der Waals surface area contributed by atoms with E-state index in [0.717, 1.165) is 19.3 Å². The van der Waals surface area contributed by atoms with Crippen molar-refractivity contribution in [3.05, 3.63) is 12.2 Å². The molecule has 1 N–H and O–H groups in total. The van der Waals surface area contributed by atoms with E-state index in [-0.39, 0.29) is 6.10 Å². The van der Waals surface area contributed by atoms with Crippen molar-refractivity contribution in [2.24, 2.45) is 0 Å². The predicted molar refractivity (Wildman–Crippen MR) is 40.3 cm³/mol. The maximum absolute atomic E-state index is 8.86. The zero-order chi connectivity index (χ0) is 7.28. The molecule has 0 aromatic carbocycles. The van der Waals surface area contributed by atoms with Gasteiger partial charge in [-0.3, -0.25) is 0 Å². The molecule has 1 unspecified atom stereocenters. The van der Waals surface area contributed by atoms with E-state index in [4.69, 9.17) is 5.11 Å². The van der Waals surface area contributed by atoms with Gasteiger partial charge in [-0.1, -0.05) is 19.1 Å². The molecule has 0 radical (unpaired) electrons. The van der Waals surface area contributed by atoms with Crippen molar-refractivity contribution in [2.75, 3.05) is 0 Å². The smallest absolute Gasteiger partial charge is 0.0515 e. The Labute approximate surface area is 57.4 Å². The van der Waals surface area contributed by atoms with Crippen LogP contribution < -0.4 is 0 Å². The first-order valence-electron chi connectivity index (χ1n) is 3.51. The molecule has 0 rings (SSSR count). The number of rotatable bonds is 4. The Morgan fingerprint density at radius 3 is 2.56 bits per heavy atom. The van der Waals surface area contributed by atoms with Crippen LogP contribution in [0.2, 0.25) is 0 Å². The summed E-state index contributed by atoms with van der Waals surface area (Å²) in [4.78, 5) is 0. The van der Waals surface area contributed by atoms with E-state index in [0.29, 0.717) is 0 Å². The van der Waals surface area contributed by atoms with Crippen molar-refractivity contribution >= 4 is 0 Å². The molecule has 0 bridgehead atoms. The standard InChI is InChI=1S/C8H16O/c1-4-7(2)5-6-8(3)9/h8-9H,2,4-6H2,1,3H3. The highest BCUT2D eigenvalue weighted by atomic mass is 16.3. The summed E-state index contributed by atoms with van der Waals surface area (Å²) in [5.41, 5.74) is 1.23. The average molecular weight is 128 g/mol. The Kier molecular flexibility index (Phi) is 4.41. The van der Waals surface area contributed by atoms with E-state index in [2.05, 4.69) is 13.5 Å². The molecule has 54 valence electrons. The van der Waals surface area contributed by atoms with Gasteiger partial charge in [-0.15, -0.1) is 0 Å². The second-order valence-corrected chi connectivity index (χ2v) is 2.49. The minimum absolute atomic E-state index is 0.173. The quantitative estimate of drug-likeness (QED) is 0.575. The molecular weight excluding hydrogens is 112 g/mol. The third kappa shape index (κ3) is 5.57. The summed E-state index contributed by atoms with van der Waals surface area (Å²) in [5.74, 6) is 0. The minimum atomic E-state index is -0.173. The van der Waals surface area contributed by atoms with E-state index < -0.39 is 0 Å². The van der Waals surface area contributed by atoms with Crippen LogP contribution in [-0.2, 0) is 0 Å². The van der Waals surface area contributed by atoms with Crippen LogP contribution in [0.4, 0.5) is 0 Å². The summed E-state index contributed by atoms with van der Waals surface area (Å²) >= 11 is 0. The van der Waals surface area contributed by atoms with Crippen LogP contribution in [0.1, 0.15) is 33.1 Å². The summed E-state index contributed by atoms with van der Waals surface area (Å²) in [5, 5.41) is 8.86. The lowest BCUT2D eigenvalue weighted by atomic mass is 10.1. The molecule has 1 nitrogen and oxygen atoms in total. The summed E-state index contributed by atoms with van der Waals surface area (Å²) in [6.07, 6.45) is 2.68. The van der Waals surface area contributed by atoms with Gasteiger partial charge in [0.2, 0.25) is 0 Å². The summed E-state index contributed by atoms with van der Waals surface area (Å²) < 4.78 is 0. The van der Waals surface area contributed by atoms with E-state index >= 15 is 0 Å². The average Bonchev–Trinajstić information content (AvgIpc) is 1.83. The summed E-state index contributed by atoms with van der Waals surface area (Å²) in [6.45, 7) is 7.73. The van der Waals surface area contributed by atoms with Crippen molar-refractivity contribution in [1.82, 2.24) is 0 Å². The molecule has 0 aliphatic heterocycles. The largest absolute Gasteiger partial charge is 0.393 e. The molecule has 0 aromatic heterocycles. The van der Waals surface area contributed by atoms with Gasteiger partial charge in [0.05, 0.1) is 6.10 Å². The molecule has 1 heteroatoms. The number of hydrogen-bond acceptors (Lipinski definition) is 1. The first-order valence-corrected chi connectivity index (χ1v) is 3.51. The Morgan fingerprint density at radius 1 is 1.67 bits per heavy atom. The van der Waals surface area contributed by atoms with Crippen LogP contribution in [0.25, 0.3) is 0 Å². The SMILES string of the molecule is C=C(CC)CCC(C)O. The van der Waals surface area contributed by atoms with Crippen molar-refractivity contribution in [3.8, 4) is 0 Å². The molecule has 9 heavy (non-hydrogen) atoms. The van der Waals surface area contributed by atoms with Crippen molar-refractivity contribution in [2.45, 2.75) is 39.2 Å². The van der Waals surface area contributed by atoms with Gasteiger partial charge in [-0.25, -0.2) is 0 Å². The highest BCUT2D eigenvalue weighted by Crippen LogP contribution is 2.07. The van der Waals surface area contributed by atoms with Crippen LogP contribution in [-0.4, -0.2) is 11.2 Å². The topological polar surface area (TPSA) is 20.2 Å². The summed E-state index contributed by atoms with van der Waals surface area (Å²) in [6, 6.07) is 0. The zero-order valence-corrected chi connectivity index (χ0v) is 6.35. The lowest BCUT2D eigenvalue weighted by molar-refractivity contribution is 0.184. The molecule has 0 saturated heterocycles. The highest BCUT2D eigenvalue weighted by molar-refractivity contribution is 4.92. The van der Waals surface area contributed by atoms with E-state index in [9.17, 15) is 0 Å².